The fourth-order valence-electron chi connectivity index (χ4n) is 3.31. The Balaban J connectivity index is 1.42. The first-order valence-electron chi connectivity index (χ1n) is 8.99. The lowest BCUT2D eigenvalue weighted by atomic mass is 10.2. The van der Waals surface area contributed by atoms with Crippen LogP contribution in [0.2, 0.25) is 0 Å². The molecule has 1 atom stereocenters. The van der Waals surface area contributed by atoms with Gasteiger partial charge in [0.1, 0.15) is 23.1 Å². The number of carbonyl (C=O) groups is 1. The second kappa shape index (κ2) is 7.60. The summed E-state index contributed by atoms with van der Waals surface area (Å²) in [5, 5.41) is 0. The Labute approximate surface area is 166 Å². The Morgan fingerprint density at radius 3 is 2.41 bits per heavy atom. The third kappa shape index (κ3) is 3.77. The van der Waals surface area contributed by atoms with Gasteiger partial charge in [-0.2, -0.15) is 4.31 Å². The van der Waals surface area contributed by atoms with E-state index in [9.17, 15) is 22.0 Å². The van der Waals surface area contributed by atoms with Crippen LogP contribution in [0.1, 0.15) is 0 Å². The van der Waals surface area contributed by atoms with Gasteiger partial charge in [-0.15, -0.1) is 0 Å². The van der Waals surface area contributed by atoms with E-state index in [1.54, 1.807) is 24.3 Å². The van der Waals surface area contributed by atoms with Crippen LogP contribution in [0.4, 0.5) is 8.78 Å². The predicted octanol–water partition coefficient (Wildman–Crippen LogP) is 1.64. The van der Waals surface area contributed by atoms with E-state index in [0.717, 1.165) is 16.4 Å². The molecule has 2 aromatic rings. The monoisotopic (exact) mass is 424 g/mol. The molecule has 0 bridgehead atoms. The lowest BCUT2D eigenvalue weighted by Crippen LogP contribution is -2.55. The summed E-state index contributed by atoms with van der Waals surface area (Å²) in [6.07, 6.45) is -0.825. The summed E-state index contributed by atoms with van der Waals surface area (Å²) in [5.74, 6) is -1.14. The van der Waals surface area contributed by atoms with Crippen LogP contribution >= 0.6 is 0 Å². The van der Waals surface area contributed by atoms with Crippen molar-refractivity contribution in [2.24, 2.45) is 0 Å². The maximum atomic E-state index is 13.9. The zero-order valence-electron chi connectivity index (χ0n) is 15.3. The molecule has 4 rings (SSSR count). The first-order chi connectivity index (χ1) is 13.9. The Kier molecular flexibility index (Phi) is 5.13. The highest BCUT2D eigenvalue weighted by Crippen LogP contribution is 2.31. The number of amides is 1. The van der Waals surface area contributed by atoms with E-state index in [-0.39, 0.29) is 38.7 Å². The second-order valence-electron chi connectivity index (χ2n) is 6.67. The number of carbonyl (C=O) groups excluding carboxylic acids is 1. The van der Waals surface area contributed by atoms with Crippen LogP contribution in [0.3, 0.4) is 0 Å². The van der Waals surface area contributed by atoms with E-state index in [0.29, 0.717) is 17.6 Å². The van der Waals surface area contributed by atoms with Crippen molar-refractivity contribution in [1.29, 1.82) is 0 Å². The highest BCUT2D eigenvalue weighted by molar-refractivity contribution is 7.89. The molecule has 2 aliphatic rings. The van der Waals surface area contributed by atoms with Gasteiger partial charge in [0.2, 0.25) is 16.1 Å². The number of halogens is 2. The minimum Gasteiger partial charge on any atom is -0.485 e. The number of hydrogen-bond donors (Lipinski definition) is 0. The molecule has 1 amide bonds. The molecule has 154 valence electrons. The molecule has 0 aromatic heterocycles. The Bertz CT molecular complexity index is 1040. The Morgan fingerprint density at radius 2 is 1.69 bits per heavy atom. The van der Waals surface area contributed by atoms with Gasteiger partial charge in [-0.25, -0.2) is 17.2 Å². The molecule has 10 heteroatoms. The minimum absolute atomic E-state index is 0.0335. The van der Waals surface area contributed by atoms with E-state index >= 15 is 0 Å². The summed E-state index contributed by atoms with van der Waals surface area (Å²) >= 11 is 0. The van der Waals surface area contributed by atoms with Gasteiger partial charge in [-0.05, 0) is 30.3 Å². The van der Waals surface area contributed by atoms with Crippen LogP contribution in [0.15, 0.2) is 47.4 Å². The summed E-state index contributed by atoms with van der Waals surface area (Å²) < 4.78 is 64.9. The predicted molar refractivity (Wildman–Crippen MR) is 98.0 cm³/mol. The molecule has 29 heavy (non-hydrogen) atoms. The van der Waals surface area contributed by atoms with Crippen molar-refractivity contribution in [3.63, 3.8) is 0 Å². The van der Waals surface area contributed by atoms with Crippen molar-refractivity contribution in [1.82, 2.24) is 9.21 Å². The number of benzene rings is 2. The summed E-state index contributed by atoms with van der Waals surface area (Å²) in [4.78, 5) is 13.5. The van der Waals surface area contributed by atoms with Crippen molar-refractivity contribution in [3.8, 4) is 11.5 Å². The summed E-state index contributed by atoms with van der Waals surface area (Å²) in [7, 11) is -4.20. The van der Waals surface area contributed by atoms with E-state index in [4.69, 9.17) is 9.47 Å². The number of hydrogen-bond acceptors (Lipinski definition) is 5. The van der Waals surface area contributed by atoms with Gasteiger partial charge in [0, 0.05) is 26.2 Å². The van der Waals surface area contributed by atoms with E-state index in [1.165, 1.54) is 4.90 Å². The zero-order valence-corrected chi connectivity index (χ0v) is 16.1. The number of sulfonamides is 1. The highest BCUT2D eigenvalue weighted by atomic mass is 32.2. The molecular weight excluding hydrogens is 406 g/mol. The third-order valence-electron chi connectivity index (χ3n) is 4.85. The van der Waals surface area contributed by atoms with Gasteiger partial charge in [0.25, 0.3) is 5.91 Å². The summed E-state index contributed by atoms with van der Waals surface area (Å²) in [5.41, 5.74) is 0. The van der Waals surface area contributed by atoms with Crippen molar-refractivity contribution in [3.05, 3.63) is 54.1 Å². The topological polar surface area (TPSA) is 76.2 Å². The molecule has 0 spiro atoms. The molecule has 7 nitrogen and oxygen atoms in total. The standard InChI is InChI=1S/C19H18F2N2O5S/c20-13-5-6-14(21)18(11-13)29(25,26)23-9-7-22(8-10-23)19(24)17-12-27-15-3-1-2-4-16(15)28-17/h1-6,11,17H,7-10,12H2/t17-/m0/s1. The van der Waals surface area contributed by atoms with Gasteiger partial charge in [0.05, 0.1) is 0 Å². The lowest BCUT2D eigenvalue weighted by molar-refractivity contribution is -0.142. The van der Waals surface area contributed by atoms with Crippen LogP contribution in [0, 0.1) is 11.6 Å². The van der Waals surface area contributed by atoms with Gasteiger partial charge < -0.3 is 14.4 Å². The third-order valence-corrected chi connectivity index (χ3v) is 6.76. The average Bonchev–Trinajstić information content (AvgIpc) is 2.74. The number of nitrogens with zero attached hydrogens (tertiary/aromatic N) is 2. The van der Waals surface area contributed by atoms with Gasteiger partial charge in [-0.3, -0.25) is 4.79 Å². The van der Waals surface area contributed by atoms with E-state index in [1.807, 2.05) is 0 Å². The number of fused-ring (bicyclic) bond motifs is 1. The fourth-order valence-corrected chi connectivity index (χ4v) is 4.81. The Hall–Kier alpha value is -2.72. The molecule has 1 fully saturated rings. The van der Waals surface area contributed by atoms with Crippen LogP contribution in [-0.2, 0) is 14.8 Å². The van der Waals surface area contributed by atoms with E-state index < -0.39 is 32.7 Å². The summed E-state index contributed by atoms with van der Waals surface area (Å²) in [6, 6.07) is 9.30. The number of ether oxygens (including phenoxy) is 2. The molecule has 1 saturated heterocycles. The van der Waals surface area contributed by atoms with Gasteiger partial charge in [-0.1, -0.05) is 12.1 Å². The molecule has 0 N–H and O–H groups in total. The smallest absolute Gasteiger partial charge is 0.267 e. The summed E-state index contributed by atoms with van der Waals surface area (Å²) in [6.45, 7) is 0.207. The number of para-hydroxylation sites is 2. The quantitative estimate of drug-likeness (QED) is 0.749. The molecule has 0 aliphatic carbocycles. The minimum atomic E-state index is -4.20. The zero-order chi connectivity index (χ0) is 20.6. The molecule has 2 aliphatic heterocycles. The molecule has 0 radical (unpaired) electrons. The van der Waals surface area contributed by atoms with Crippen LogP contribution < -0.4 is 9.47 Å². The van der Waals surface area contributed by atoms with Crippen molar-refractivity contribution in [2.45, 2.75) is 11.0 Å². The maximum absolute atomic E-state index is 13.9. The van der Waals surface area contributed by atoms with Crippen LogP contribution in [0.5, 0.6) is 11.5 Å². The first kappa shape index (κ1) is 19.6. The largest absolute Gasteiger partial charge is 0.485 e. The number of rotatable bonds is 3. The molecule has 2 heterocycles. The SMILES string of the molecule is O=C([C@@H]1COc2ccccc2O1)N1CCN(S(=O)(=O)c2cc(F)ccc2F)CC1. The molecule has 2 aromatic carbocycles. The van der Waals surface area contributed by atoms with Crippen LogP contribution in [-0.4, -0.2) is 62.4 Å². The lowest BCUT2D eigenvalue weighted by Gasteiger charge is -2.36. The molecule has 0 saturated carbocycles. The number of piperazine rings is 1. The fraction of sp³-hybridized carbons (Fsp3) is 0.316. The van der Waals surface area contributed by atoms with Crippen molar-refractivity contribution < 1.29 is 31.5 Å². The van der Waals surface area contributed by atoms with E-state index in [2.05, 4.69) is 0 Å². The average molecular weight is 424 g/mol. The Morgan fingerprint density at radius 1 is 1.00 bits per heavy atom. The highest BCUT2D eigenvalue weighted by Gasteiger charge is 2.36. The molecule has 0 unspecified atom stereocenters. The maximum Gasteiger partial charge on any atom is 0.267 e. The second-order valence-corrected chi connectivity index (χ2v) is 8.57. The van der Waals surface area contributed by atoms with Crippen LogP contribution in [0.25, 0.3) is 0 Å². The van der Waals surface area contributed by atoms with Gasteiger partial charge in [0.15, 0.2) is 11.5 Å². The first-order valence-corrected chi connectivity index (χ1v) is 10.4. The van der Waals surface area contributed by atoms with Crippen molar-refractivity contribution >= 4 is 15.9 Å². The normalized spacial score (nSPS) is 19.8. The van der Waals surface area contributed by atoms with Gasteiger partial charge >= 0.3 is 0 Å². The van der Waals surface area contributed by atoms with Crippen molar-refractivity contribution in [2.75, 3.05) is 32.8 Å². The molecular formula is C19H18F2N2O5S.